The Balaban J connectivity index is 1.58. The highest BCUT2D eigenvalue weighted by molar-refractivity contribution is 5.87. The second-order valence-corrected chi connectivity index (χ2v) is 9.25. The van der Waals surface area contributed by atoms with Crippen molar-refractivity contribution in [1.29, 1.82) is 0 Å². The molecule has 5 rings (SSSR count). The molecule has 1 atom stereocenters. The zero-order valence-electron chi connectivity index (χ0n) is 20.2. The van der Waals surface area contributed by atoms with Crippen LogP contribution in [0.15, 0.2) is 121 Å². The zero-order chi connectivity index (χ0) is 23.4. The molecule has 0 aromatic heterocycles. The second-order valence-electron chi connectivity index (χ2n) is 9.25. The van der Waals surface area contributed by atoms with Gasteiger partial charge < -0.3 is 0 Å². The van der Waals surface area contributed by atoms with Gasteiger partial charge in [0, 0.05) is 5.41 Å². The van der Waals surface area contributed by atoms with Crippen LogP contribution in [0.25, 0.3) is 21.9 Å². The lowest BCUT2D eigenvalue weighted by atomic mass is 9.67. The van der Waals surface area contributed by atoms with Crippen molar-refractivity contribution in [2.75, 3.05) is 0 Å². The van der Waals surface area contributed by atoms with Crippen molar-refractivity contribution in [1.82, 2.24) is 0 Å². The van der Waals surface area contributed by atoms with Gasteiger partial charge in [-0.2, -0.15) is 0 Å². The summed E-state index contributed by atoms with van der Waals surface area (Å²) >= 11 is 0. The highest BCUT2D eigenvalue weighted by Crippen LogP contribution is 2.42. The molecule has 0 heterocycles. The summed E-state index contributed by atoms with van der Waals surface area (Å²) in [6.07, 6.45) is 3.08. The molecule has 0 N–H and O–H groups in total. The predicted molar refractivity (Wildman–Crippen MR) is 146 cm³/mol. The third-order valence-corrected chi connectivity index (χ3v) is 7.39. The van der Waals surface area contributed by atoms with E-state index in [-0.39, 0.29) is 5.41 Å². The van der Waals surface area contributed by atoms with Gasteiger partial charge in [-0.15, -0.1) is 0 Å². The van der Waals surface area contributed by atoms with Crippen molar-refractivity contribution in [3.05, 3.63) is 144 Å². The van der Waals surface area contributed by atoms with E-state index in [1.165, 1.54) is 44.2 Å². The molecule has 0 saturated heterocycles. The minimum Gasteiger partial charge on any atom is -0.0642 e. The molecule has 0 fully saturated rings. The van der Waals surface area contributed by atoms with Crippen molar-refractivity contribution in [2.45, 2.75) is 38.5 Å². The molecule has 5 aromatic carbocycles. The summed E-state index contributed by atoms with van der Waals surface area (Å²) < 4.78 is 0. The molecule has 0 aliphatic carbocycles. The van der Waals surface area contributed by atoms with Gasteiger partial charge in [0.1, 0.15) is 0 Å². The molecule has 34 heavy (non-hydrogen) atoms. The van der Waals surface area contributed by atoms with Gasteiger partial charge in [-0.3, -0.25) is 0 Å². The first-order valence-corrected chi connectivity index (χ1v) is 12.5. The molecular weight excluding hydrogens is 408 g/mol. The van der Waals surface area contributed by atoms with Gasteiger partial charge in [0.25, 0.3) is 0 Å². The molecule has 0 nitrogen and oxygen atoms in total. The third-order valence-electron chi connectivity index (χ3n) is 7.39. The molecule has 5 aromatic rings. The van der Waals surface area contributed by atoms with E-state index < -0.39 is 0 Å². The van der Waals surface area contributed by atoms with E-state index in [0.717, 1.165) is 19.3 Å². The van der Waals surface area contributed by atoms with Crippen LogP contribution in [0, 0.1) is 0 Å². The first-order valence-electron chi connectivity index (χ1n) is 12.5. The van der Waals surface area contributed by atoms with Crippen molar-refractivity contribution < 1.29 is 0 Å². The van der Waals surface area contributed by atoms with Crippen molar-refractivity contribution >= 4 is 10.8 Å². The summed E-state index contributed by atoms with van der Waals surface area (Å²) in [6.45, 7) is 4.53. The number of aryl methyl sites for hydroxylation is 1. The van der Waals surface area contributed by atoms with Gasteiger partial charge in [0.2, 0.25) is 0 Å². The molecule has 0 bridgehead atoms. The molecule has 0 heteroatoms. The molecule has 0 saturated carbocycles. The van der Waals surface area contributed by atoms with Crippen LogP contribution < -0.4 is 0 Å². The van der Waals surface area contributed by atoms with E-state index in [4.69, 9.17) is 0 Å². The molecule has 0 radical (unpaired) electrons. The van der Waals surface area contributed by atoms with Gasteiger partial charge in [-0.05, 0) is 63.4 Å². The Morgan fingerprint density at radius 3 is 1.76 bits per heavy atom. The summed E-state index contributed by atoms with van der Waals surface area (Å²) in [4.78, 5) is 0. The molecule has 0 amide bonds. The smallest absolute Gasteiger partial charge is 0.0246 e. The minimum atomic E-state index is -0.0909. The van der Waals surface area contributed by atoms with E-state index >= 15 is 0 Å². The van der Waals surface area contributed by atoms with Crippen molar-refractivity contribution in [2.24, 2.45) is 0 Å². The van der Waals surface area contributed by atoms with Crippen LogP contribution in [0.1, 0.15) is 42.5 Å². The lowest BCUT2D eigenvalue weighted by molar-refractivity contribution is 0.496. The van der Waals surface area contributed by atoms with Crippen molar-refractivity contribution in [3.8, 4) is 11.1 Å². The predicted octanol–water partition coefficient (Wildman–Crippen LogP) is 9.01. The van der Waals surface area contributed by atoms with Gasteiger partial charge in [-0.1, -0.05) is 135 Å². The van der Waals surface area contributed by atoms with Crippen LogP contribution >= 0.6 is 0 Å². The van der Waals surface area contributed by atoms with E-state index in [1.54, 1.807) is 0 Å². The van der Waals surface area contributed by atoms with Crippen LogP contribution in [0.3, 0.4) is 0 Å². The Hall–Kier alpha value is -3.64. The van der Waals surface area contributed by atoms with E-state index in [0.29, 0.717) is 0 Å². The maximum atomic E-state index is 2.34. The van der Waals surface area contributed by atoms with Gasteiger partial charge in [0.05, 0.1) is 0 Å². The molecule has 0 aliphatic rings. The Labute approximate surface area is 203 Å². The molecular formula is C34H32. The summed E-state index contributed by atoms with van der Waals surface area (Å²) in [5.74, 6) is 0. The topological polar surface area (TPSA) is 0 Å². The van der Waals surface area contributed by atoms with E-state index in [9.17, 15) is 0 Å². The van der Waals surface area contributed by atoms with Crippen molar-refractivity contribution in [3.63, 3.8) is 0 Å². The maximum absolute atomic E-state index is 2.34. The summed E-state index contributed by atoms with van der Waals surface area (Å²) in [5, 5.41) is 2.66. The number of benzene rings is 5. The molecule has 168 valence electrons. The van der Waals surface area contributed by atoms with Crippen LogP contribution in [0.4, 0.5) is 0 Å². The third kappa shape index (κ3) is 4.17. The molecule has 0 aliphatic heterocycles. The maximum Gasteiger partial charge on any atom is 0.0246 e. The Bertz CT molecular complexity index is 1360. The SMILES string of the molecule is CCc1ccc(-c2ccc(C[C@](CC)(c3ccccc3)c3cccc4ccccc34)cc2)cc1. The highest BCUT2D eigenvalue weighted by Gasteiger charge is 2.34. The van der Waals surface area contributed by atoms with Crippen LogP contribution in [0.5, 0.6) is 0 Å². The van der Waals surface area contributed by atoms with Crippen LogP contribution in [0.2, 0.25) is 0 Å². The average Bonchev–Trinajstić information content (AvgIpc) is 2.92. The average molecular weight is 441 g/mol. The number of rotatable bonds is 7. The van der Waals surface area contributed by atoms with Crippen LogP contribution in [-0.2, 0) is 18.3 Å². The lowest BCUT2D eigenvalue weighted by Crippen LogP contribution is -2.30. The molecule has 0 spiro atoms. The summed E-state index contributed by atoms with van der Waals surface area (Å²) in [7, 11) is 0. The quantitative estimate of drug-likeness (QED) is 0.237. The van der Waals surface area contributed by atoms with E-state index in [1.807, 2.05) is 0 Å². The number of hydrogen-bond acceptors (Lipinski definition) is 0. The second kappa shape index (κ2) is 9.69. The van der Waals surface area contributed by atoms with E-state index in [2.05, 4.69) is 135 Å². The summed E-state index contributed by atoms with van der Waals surface area (Å²) in [6, 6.07) is 44.8. The fourth-order valence-electron chi connectivity index (χ4n) is 5.37. The Kier molecular flexibility index (Phi) is 6.32. The zero-order valence-corrected chi connectivity index (χ0v) is 20.2. The monoisotopic (exact) mass is 440 g/mol. The van der Waals surface area contributed by atoms with Gasteiger partial charge >= 0.3 is 0 Å². The first-order chi connectivity index (χ1) is 16.7. The fraction of sp³-hybridized carbons (Fsp3) is 0.176. The van der Waals surface area contributed by atoms with Crippen LogP contribution in [-0.4, -0.2) is 0 Å². The lowest BCUT2D eigenvalue weighted by Gasteiger charge is -2.36. The minimum absolute atomic E-state index is 0.0909. The first kappa shape index (κ1) is 22.2. The standard InChI is InChI=1S/C34H32/c1-3-26-17-21-28(22-18-26)29-23-19-27(20-24-29)25-34(4-2,31-13-6-5-7-14-31)33-16-10-12-30-11-8-9-15-32(30)33/h5-24H,3-4,25H2,1-2H3/t34-/m1/s1. The Morgan fingerprint density at radius 2 is 1.12 bits per heavy atom. The number of hydrogen-bond donors (Lipinski definition) is 0. The molecule has 0 unspecified atom stereocenters. The number of fused-ring (bicyclic) bond motifs is 1. The van der Waals surface area contributed by atoms with Gasteiger partial charge in [0.15, 0.2) is 0 Å². The largest absolute Gasteiger partial charge is 0.0642 e. The normalized spacial score (nSPS) is 13.0. The van der Waals surface area contributed by atoms with Gasteiger partial charge in [-0.25, -0.2) is 0 Å². The Morgan fingerprint density at radius 1 is 0.529 bits per heavy atom. The fourth-order valence-corrected chi connectivity index (χ4v) is 5.37. The summed E-state index contributed by atoms with van der Waals surface area (Å²) in [5.41, 5.74) is 8.01. The highest BCUT2D eigenvalue weighted by atomic mass is 14.4.